The minimum atomic E-state index is -0.229. The Hall–Kier alpha value is -2.54. The standard InChI is InChI=1S/C15H13N3O3S/c1-2-7-16-14(21)9-3-4-10-11(8-9)22-15(17-10)18-12(19)5-6-13(18)20/h2-4,8H,1,5-7H2,(H,16,21). The average molecular weight is 315 g/mol. The van der Waals surface area contributed by atoms with Gasteiger partial charge in [-0.15, -0.1) is 6.58 Å². The molecule has 1 fully saturated rings. The van der Waals surface area contributed by atoms with Gasteiger partial charge in [0.05, 0.1) is 10.2 Å². The first-order valence-electron chi connectivity index (χ1n) is 6.75. The number of nitrogens with zero attached hydrogens (tertiary/aromatic N) is 2. The van der Waals surface area contributed by atoms with Gasteiger partial charge in [-0.2, -0.15) is 0 Å². The third-order valence-corrected chi connectivity index (χ3v) is 4.29. The molecule has 3 amide bonds. The molecule has 0 saturated carbocycles. The van der Waals surface area contributed by atoms with Crippen molar-refractivity contribution in [3.05, 3.63) is 36.4 Å². The minimum absolute atomic E-state index is 0.204. The van der Waals surface area contributed by atoms with Gasteiger partial charge in [-0.05, 0) is 18.2 Å². The zero-order valence-corrected chi connectivity index (χ0v) is 12.5. The van der Waals surface area contributed by atoms with Crippen LogP contribution in [0.1, 0.15) is 23.2 Å². The predicted molar refractivity (Wildman–Crippen MR) is 83.9 cm³/mol. The van der Waals surface area contributed by atoms with Crippen LogP contribution in [0.3, 0.4) is 0 Å². The summed E-state index contributed by atoms with van der Waals surface area (Å²) in [7, 11) is 0. The molecule has 0 unspecified atom stereocenters. The van der Waals surface area contributed by atoms with Crippen LogP contribution in [-0.4, -0.2) is 29.3 Å². The van der Waals surface area contributed by atoms with Crippen molar-refractivity contribution in [3.63, 3.8) is 0 Å². The Morgan fingerprint density at radius 3 is 2.77 bits per heavy atom. The van der Waals surface area contributed by atoms with E-state index in [0.29, 0.717) is 22.8 Å². The van der Waals surface area contributed by atoms with E-state index in [2.05, 4.69) is 16.9 Å². The number of thiazole rings is 1. The van der Waals surface area contributed by atoms with E-state index in [1.54, 1.807) is 24.3 Å². The van der Waals surface area contributed by atoms with E-state index >= 15 is 0 Å². The molecule has 22 heavy (non-hydrogen) atoms. The van der Waals surface area contributed by atoms with Crippen LogP contribution in [0.2, 0.25) is 0 Å². The number of hydrogen-bond acceptors (Lipinski definition) is 5. The third kappa shape index (κ3) is 2.50. The number of carbonyl (C=O) groups excluding carboxylic acids is 3. The topological polar surface area (TPSA) is 79.4 Å². The van der Waals surface area contributed by atoms with Crippen molar-refractivity contribution < 1.29 is 14.4 Å². The summed E-state index contributed by atoms with van der Waals surface area (Å²) in [4.78, 5) is 40.9. The molecule has 1 aromatic heterocycles. The summed E-state index contributed by atoms with van der Waals surface area (Å²) in [6.45, 7) is 3.94. The minimum Gasteiger partial charge on any atom is -0.349 e. The average Bonchev–Trinajstić information content (AvgIpc) is 3.06. The summed E-state index contributed by atoms with van der Waals surface area (Å²) >= 11 is 1.23. The fourth-order valence-electron chi connectivity index (χ4n) is 2.21. The van der Waals surface area contributed by atoms with Crippen LogP contribution in [0.25, 0.3) is 10.2 Å². The Morgan fingerprint density at radius 2 is 2.09 bits per heavy atom. The van der Waals surface area contributed by atoms with Gasteiger partial charge >= 0.3 is 0 Å². The predicted octanol–water partition coefficient (Wildman–Crippen LogP) is 1.87. The Morgan fingerprint density at radius 1 is 1.36 bits per heavy atom. The number of imide groups is 1. The maximum absolute atomic E-state index is 11.9. The maximum Gasteiger partial charge on any atom is 0.251 e. The molecule has 6 nitrogen and oxygen atoms in total. The van der Waals surface area contributed by atoms with E-state index in [9.17, 15) is 14.4 Å². The number of fused-ring (bicyclic) bond motifs is 1. The van der Waals surface area contributed by atoms with Crippen molar-refractivity contribution in [2.45, 2.75) is 12.8 Å². The first-order valence-corrected chi connectivity index (χ1v) is 7.57. The zero-order chi connectivity index (χ0) is 15.7. The molecule has 0 spiro atoms. The molecule has 1 N–H and O–H groups in total. The quantitative estimate of drug-likeness (QED) is 0.690. The molecular formula is C15H13N3O3S. The summed E-state index contributed by atoms with van der Waals surface area (Å²) in [5, 5.41) is 3.06. The third-order valence-electron chi connectivity index (χ3n) is 3.29. The SMILES string of the molecule is C=CCNC(=O)c1ccc2nc(N3C(=O)CCC3=O)sc2c1. The van der Waals surface area contributed by atoms with Crippen LogP contribution in [0.15, 0.2) is 30.9 Å². The Labute approximate surface area is 130 Å². The Bertz CT molecular complexity index is 780. The van der Waals surface area contributed by atoms with Crippen LogP contribution in [-0.2, 0) is 9.59 Å². The molecule has 2 heterocycles. The second kappa shape index (κ2) is 5.69. The van der Waals surface area contributed by atoms with Crippen molar-refractivity contribution in [1.82, 2.24) is 10.3 Å². The molecule has 1 saturated heterocycles. The highest BCUT2D eigenvalue weighted by molar-refractivity contribution is 7.22. The molecule has 0 atom stereocenters. The normalized spacial score (nSPS) is 14.6. The van der Waals surface area contributed by atoms with Crippen LogP contribution < -0.4 is 10.2 Å². The van der Waals surface area contributed by atoms with Crippen molar-refractivity contribution in [1.29, 1.82) is 0 Å². The summed E-state index contributed by atoms with van der Waals surface area (Å²) in [5.41, 5.74) is 1.16. The highest BCUT2D eigenvalue weighted by atomic mass is 32.1. The van der Waals surface area contributed by atoms with Crippen LogP contribution in [0.4, 0.5) is 5.13 Å². The molecule has 1 aromatic carbocycles. The summed E-state index contributed by atoms with van der Waals surface area (Å²) in [6.07, 6.45) is 2.06. The lowest BCUT2D eigenvalue weighted by Crippen LogP contribution is -2.28. The summed E-state index contributed by atoms with van der Waals surface area (Å²) in [6, 6.07) is 5.08. The number of aromatic nitrogens is 1. The second-order valence-electron chi connectivity index (χ2n) is 4.80. The van der Waals surface area contributed by atoms with E-state index in [-0.39, 0.29) is 30.6 Å². The first kappa shape index (κ1) is 14.4. The van der Waals surface area contributed by atoms with Gasteiger partial charge in [0.1, 0.15) is 0 Å². The molecule has 2 aromatic rings. The smallest absolute Gasteiger partial charge is 0.251 e. The van der Waals surface area contributed by atoms with E-state index in [0.717, 1.165) is 9.60 Å². The van der Waals surface area contributed by atoms with Gasteiger partial charge in [-0.25, -0.2) is 9.88 Å². The van der Waals surface area contributed by atoms with Gasteiger partial charge in [-0.1, -0.05) is 17.4 Å². The van der Waals surface area contributed by atoms with Gasteiger partial charge < -0.3 is 5.32 Å². The molecule has 3 rings (SSSR count). The second-order valence-corrected chi connectivity index (χ2v) is 5.81. The highest BCUT2D eigenvalue weighted by Crippen LogP contribution is 2.32. The van der Waals surface area contributed by atoms with Gasteiger partial charge in [-0.3, -0.25) is 14.4 Å². The van der Waals surface area contributed by atoms with Gasteiger partial charge in [0.15, 0.2) is 5.13 Å². The number of nitrogens with one attached hydrogen (secondary N) is 1. The number of amides is 3. The lowest BCUT2D eigenvalue weighted by atomic mass is 10.2. The summed E-state index contributed by atoms with van der Waals surface area (Å²) in [5.74, 6) is -0.661. The van der Waals surface area contributed by atoms with E-state index in [1.165, 1.54) is 11.3 Å². The molecule has 1 aliphatic rings. The lowest BCUT2D eigenvalue weighted by molar-refractivity contribution is -0.121. The van der Waals surface area contributed by atoms with Crippen LogP contribution in [0.5, 0.6) is 0 Å². The molecule has 1 aliphatic heterocycles. The van der Waals surface area contributed by atoms with E-state index in [1.807, 2.05) is 0 Å². The van der Waals surface area contributed by atoms with Crippen molar-refractivity contribution in [2.24, 2.45) is 0 Å². The molecule has 0 radical (unpaired) electrons. The van der Waals surface area contributed by atoms with Crippen molar-refractivity contribution >= 4 is 44.4 Å². The molecule has 0 aliphatic carbocycles. The fourth-order valence-corrected chi connectivity index (χ4v) is 3.25. The Balaban J connectivity index is 1.93. The molecular weight excluding hydrogens is 302 g/mol. The molecule has 7 heteroatoms. The molecule has 0 bridgehead atoms. The van der Waals surface area contributed by atoms with Crippen LogP contribution >= 0.6 is 11.3 Å². The highest BCUT2D eigenvalue weighted by Gasteiger charge is 2.32. The number of benzene rings is 1. The van der Waals surface area contributed by atoms with Crippen LogP contribution in [0, 0.1) is 0 Å². The first-order chi connectivity index (χ1) is 10.6. The number of hydrogen-bond donors (Lipinski definition) is 1. The fraction of sp³-hybridized carbons (Fsp3) is 0.200. The van der Waals surface area contributed by atoms with E-state index in [4.69, 9.17) is 0 Å². The number of carbonyl (C=O) groups is 3. The van der Waals surface area contributed by atoms with Gasteiger partial charge in [0, 0.05) is 24.9 Å². The van der Waals surface area contributed by atoms with Gasteiger partial charge in [0.2, 0.25) is 11.8 Å². The van der Waals surface area contributed by atoms with E-state index < -0.39 is 0 Å². The number of anilines is 1. The number of rotatable bonds is 4. The van der Waals surface area contributed by atoms with Gasteiger partial charge in [0.25, 0.3) is 5.91 Å². The Kier molecular flexibility index (Phi) is 3.72. The zero-order valence-electron chi connectivity index (χ0n) is 11.7. The largest absolute Gasteiger partial charge is 0.349 e. The van der Waals surface area contributed by atoms with Crippen molar-refractivity contribution in [3.8, 4) is 0 Å². The maximum atomic E-state index is 11.9. The molecule has 112 valence electrons. The summed E-state index contributed by atoms with van der Waals surface area (Å²) < 4.78 is 0.758. The lowest BCUT2D eigenvalue weighted by Gasteiger charge is -2.07. The van der Waals surface area contributed by atoms with Crippen molar-refractivity contribution in [2.75, 3.05) is 11.4 Å². The monoisotopic (exact) mass is 315 g/mol.